The molecule has 0 fully saturated rings. The van der Waals surface area contributed by atoms with Crippen molar-refractivity contribution in [3.05, 3.63) is 62.5 Å². The normalized spacial score (nSPS) is 13.4. The number of imidazole rings is 1. The number of fused-ring (bicyclic) bond motifs is 2. The van der Waals surface area contributed by atoms with E-state index in [1.54, 1.807) is 17.0 Å². The maximum Gasteiger partial charge on any atom is 0.340 e. The third-order valence-corrected chi connectivity index (χ3v) is 5.17. The SMILES string of the molecule is COC(=O)c1cccc2nc(CN3Cc4cccc(I)c4C3=O)[nH]c12. The number of amides is 1. The van der Waals surface area contributed by atoms with Gasteiger partial charge in [0.15, 0.2) is 0 Å². The molecule has 1 N–H and O–H groups in total. The molecule has 126 valence electrons. The molecule has 0 atom stereocenters. The molecule has 25 heavy (non-hydrogen) atoms. The lowest BCUT2D eigenvalue weighted by Crippen LogP contribution is -2.24. The first kappa shape index (κ1) is 16.1. The number of rotatable bonds is 3. The number of aromatic amines is 1. The van der Waals surface area contributed by atoms with Crippen LogP contribution in [0.25, 0.3) is 11.0 Å². The van der Waals surface area contributed by atoms with Gasteiger partial charge in [-0.1, -0.05) is 18.2 Å². The van der Waals surface area contributed by atoms with Crippen molar-refractivity contribution >= 4 is 45.5 Å². The molecular formula is C18H14IN3O3. The van der Waals surface area contributed by atoms with Gasteiger partial charge in [-0.2, -0.15) is 0 Å². The molecule has 0 spiro atoms. The molecule has 6 nitrogen and oxygen atoms in total. The summed E-state index contributed by atoms with van der Waals surface area (Å²) in [7, 11) is 1.35. The second kappa shape index (κ2) is 6.14. The lowest BCUT2D eigenvalue weighted by molar-refractivity contribution is 0.0602. The van der Waals surface area contributed by atoms with Crippen molar-refractivity contribution in [3.63, 3.8) is 0 Å². The van der Waals surface area contributed by atoms with E-state index in [4.69, 9.17) is 4.74 Å². The third-order valence-electron chi connectivity index (χ3n) is 4.28. The molecule has 2 aromatic carbocycles. The Labute approximate surface area is 157 Å². The second-order valence-corrected chi connectivity index (χ2v) is 6.97. The monoisotopic (exact) mass is 447 g/mol. The molecule has 0 saturated heterocycles. The van der Waals surface area contributed by atoms with Gasteiger partial charge in [-0.05, 0) is 46.4 Å². The van der Waals surface area contributed by atoms with Gasteiger partial charge in [0.25, 0.3) is 5.91 Å². The minimum atomic E-state index is -0.417. The van der Waals surface area contributed by atoms with Crippen LogP contribution in [0.2, 0.25) is 0 Å². The number of benzene rings is 2. The summed E-state index contributed by atoms with van der Waals surface area (Å²) in [6.07, 6.45) is 0. The summed E-state index contributed by atoms with van der Waals surface area (Å²) in [6, 6.07) is 11.1. The summed E-state index contributed by atoms with van der Waals surface area (Å²) in [5.74, 6) is 0.233. The van der Waals surface area contributed by atoms with E-state index in [0.717, 1.165) is 14.7 Å². The fourth-order valence-electron chi connectivity index (χ4n) is 3.12. The van der Waals surface area contributed by atoms with E-state index in [2.05, 4.69) is 32.6 Å². The molecule has 3 aromatic rings. The zero-order chi connectivity index (χ0) is 17.6. The van der Waals surface area contributed by atoms with Crippen LogP contribution in [0.1, 0.15) is 32.1 Å². The Bertz CT molecular complexity index is 1010. The number of halogens is 1. The van der Waals surface area contributed by atoms with Crippen molar-refractivity contribution in [2.75, 3.05) is 7.11 Å². The summed E-state index contributed by atoms with van der Waals surface area (Å²) in [4.78, 5) is 34.0. The topological polar surface area (TPSA) is 75.3 Å². The number of ether oxygens (including phenoxy) is 1. The van der Waals surface area contributed by atoms with Crippen molar-refractivity contribution in [1.29, 1.82) is 0 Å². The van der Waals surface area contributed by atoms with Crippen LogP contribution < -0.4 is 0 Å². The van der Waals surface area contributed by atoms with Crippen LogP contribution in [0.5, 0.6) is 0 Å². The van der Waals surface area contributed by atoms with E-state index in [0.29, 0.717) is 35.5 Å². The van der Waals surface area contributed by atoms with Crippen molar-refractivity contribution < 1.29 is 14.3 Å². The molecule has 1 aromatic heterocycles. The minimum Gasteiger partial charge on any atom is -0.465 e. The number of nitrogens with zero attached hydrogens (tertiary/aromatic N) is 2. The van der Waals surface area contributed by atoms with Crippen LogP contribution in [0, 0.1) is 3.57 Å². The number of H-pyrrole nitrogens is 1. The lowest BCUT2D eigenvalue weighted by atomic mass is 10.1. The summed E-state index contributed by atoms with van der Waals surface area (Å²) in [6.45, 7) is 0.921. The van der Waals surface area contributed by atoms with Crippen LogP contribution in [-0.2, 0) is 17.8 Å². The first-order valence-electron chi connectivity index (χ1n) is 7.71. The molecular weight excluding hydrogens is 433 g/mol. The third kappa shape index (κ3) is 2.68. The number of methoxy groups -OCH3 is 1. The smallest absolute Gasteiger partial charge is 0.340 e. The Balaban J connectivity index is 1.65. The Morgan fingerprint density at radius 2 is 2.12 bits per heavy atom. The molecule has 0 radical (unpaired) electrons. The maximum atomic E-state index is 12.7. The number of esters is 1. The van der Waals surface area contributed by atoms with Gasteiger partial charge in [0.2, 0.25) is 0 Å². The van der Waals surface area contributed by atoms with Crippen molar-refractivity contribution in [3.8, 4) is 0 Å². The zero-order valence-electron chi connectivity index (χ0n) is 13.4. The largest absolute Gasteiger partial charge is 0.465 e. The van der Waals surface area contributed by atoms with Gasteiger partial charge in [-0.15, -0.1) is 0 Å². The average molecular weight is 447 g/mol. The predicted molar refractivity (Wildman–Crippen MR) is 100 cm³/mol. The summed E-state index contributed by atoms with van der Waals surface area (Å²) in [5, 5.41) is 0. The Morgan fingerprint density at radius 1 is 1.32 bits per heavy atom. The van der Waals surface area contributed by atoms with E-state index in [9.17, 15) is 9.59 Å². The van der Waals surface area contributed by atoms with Crippen LogP contribution in [0.4, 0.5) is 0 Å². The maximum absolute atomic E-state index is 12.7. The van der Waals surface area contributed by atoms with Crippen LogP contribution in [0.15, 0.2) is 36.4 Å². The highest BCUT2D eigenvalue weighted by Gasteiger charge is 2.29. The van der Waals surface area contributed by atoms with Crippen LogP contribution in [0.3, 0.4) is 0 Å². The van der Waals surface area contributed by atoms with Gasteiger partial charge in [0.1, 0.15) is 5.82 Å². The highest BCUT2D eigenvalue weighted by atomic mass is 127. The number of carbonyl (C=O) groups excluding carboxylic acids is 2. The summed E-state index contributed by atoms with van der Waals surface area (Å²) < 4.78 is 5.77. The van der Waals surface area contributed by atoms with Gasteiger partial charge >= 0.3 is 5.97 Å². The van der Waals surface area contributed by atoms with E-state index in [-0.39, 0.29) is 5.91 Å². The van der Waals surface area contributed by atoms with Gasteiger partial charge in [-0.3, -0.25) is 4.79 Å². The van der Waals surface area contributed by atoms with Crippen LogP contribution in [-0.4, -0.2) is 33.9 Å². The number of aromatic nitrogens is 2. The van der Waals surface area contributed by atoms with E-state index < -0.39 is 5.97 Å². The molecule has 1 amide bonds. The van der Waals surface area contributed by atoms with E-state index in [1.165, 1.54) is 7.11 Å². The van der Waals surface area contributed by atoms with E-state index in [1.807, 2.05) is 24.3 Å². The quantitative estimate of drug-likeness (QED) is 0.495. The predicted octanol–water partition coefficient (Wildman–Crippen LogP) is 3.11. The number of carbonyl (C=O) groups is 2. The van der Waals surface area contributed by atoms with Gasteiger partial charge in [-0.25, -0.2) is 9.78 Å². The summed E-state index contributed by atoms with van der Waals surface area (Å²) in [5.41, 5.74) is 3.54. The molecule has 4 rings (SSSR count). The Morgan fingerprint density at radius 3 is 2.88 bits per heavy atom. The lowest BCUT2D eigenvalue weighted by Gasteiger charge is -2.13. The first-order chi connectivity index (χ1) is 12.1. The number of nitrogens with one attached hydrogen (secondary N) is 1. The van der Waals surface area contributed by atoms with Crippen molar-refractivity contribution in [1.82, 2.24) is 14.9 Å². The van der Waals surface area contributed by atoms with E-state index >= 15 is 0 Å². The first-order valence-corrected chi connectivity index (χ1v) is 8.79. The number of hydrogen-bond acceptors (Lipinski definition) is 4. The zero-order valence-corrected chi connectivity index (χ0v) is 15.5. The Kier molecular flexibility index (Phi) is 3.95. The van der Waals surface area contributed by atoms with Crippen molar-refractivity contribution in [2.45, 2.75) is 13.1 Å². The number of hydrogen-bond donors (Lipinski definition) is 1. The average Bonchev–Trinajstić information content (AvgIpc) is 3.16. The minimum absolute atomic E-state index is 0.00801. The second-order valence-electron chi connectivity index (χ2n) is 5.81. The molecule has 1 aliphatic heterocycles. The standard InChI is InChI=1S/C18H14IN3O3/c1-25-18(24)11-5-3-7-13-16(11)21-14(20-13)9-22-8-10-4-2-6-12(19)15(10)17(22)23/h2-7H,8-9H2,1H3,(H,20,21). The number of para-hydroxylation sites is 1. The fraction of sp³-hybridized carbons (Fsp3) is 0.167. The van der Waals surface area contributed by atoms with Gasteiger partial charge in [0, 0.05) is 10.1 Å². The molecule has 0 unspecified atom stereocenters. The van der Waals surface area contributed by atoms with Gasteiger partial charge in [0.05, 0.1) is 35.8 Å². The highest BCUT2D eigenvalue weighted by molar-refractivity contribution is 14.1. The fourth-order valence-corrected chi connectivity index (χ4v) is 3.91. The van der Waals surface area contributed by atoms with Gasteiger partial charge < -0.3 is 14.6 Å². The van der Waals surface area contributed by atoms with Crippen molar-refractivity contribution in [2.24, 2.45) is 0 Å². The molecule has 0 saturated carbocycles. The molecule has 1 aliphatic rings. The summed E-state index contributed by atoms with van der Waals surface area (Å²) >= 11 is 2.19. The van der Waals surface area contributed by atoms with Crippen LogP contribution >= 0.6 is 22.6 Å². The molecule has 7 heteroatoms. The molecule has 0 aliphatic carbocycles. The molecule has 0 bridgehead atoms. The molecule has 2 heterocycles. The Hall–Kier alpha value is -2.42. The highest BCUT2D eigenvalue weighted by Crippen LogP contribution is 2.28.